The Kier molecular flexibility index (Phi) is 8.57. The zero-order chi connectivity index (χ0) is 23.8. The Balaban J connectivity index is 1.54. The fourth-order valence-electron chi connectivity index (χ4n) is 3.70. The molecule has 3 rings (SSSR count). The van der Waals surface area contributed by atoms with Gasteiger partial charge in [0.2, 0.25) is 10.0 Å². The predicted molar refractivity (Wildman–Crippen MR) is 122 cm³/mol. The van der Waals surface area contributed by atoms with Crippen LogP contribution in [-0.4, -0.2) is 50.3 Å². The lowest BCUT2D eigenvalue weighted by atomic mass is 10.1. The summed E-state index contributed by atoms with van der Waals surface area (Å²) in [4.78, 5) is 24.0. The molecule has 178 valence electrons. The number of ether oxygens (including phenoxy) is 1. The Morgan fingerprint density at radius 2 is 1.79 bits per heavy atom. The van der Waals surface area contributed by atoms with E-state index in [1.807, 2.05) is 37.3 Å². The van der Waals surface area contributed by atoms with E-state index >= 15 is 0 Å². The summed E-state index contributed by atoms with van der Waals surface area (Å²) in [5.74, 6) is -2.29. The summed E-state index contributed by atoms with van der Waals surface area (Å²) >= 11 is 0. The lowest BCUT2D eigenvalue weighted by molar-refractivity contribution is -0.124. The molecule has 0 aromatic heterocycles. The van der Waals surface area contributed by atoms with Gasteiger partial charge in [-0.2, -0.15) is 4.31 Å². The molecule has 7 nitrogen and oxygen atoms in total. The number of carbonyl (C=O) groups excluding carboxylic acids is 2. The van der Waals surface area contributed by atoms with E-state index in [-0.39, 0.29) is 11.6 Å². The van der Waals surface area contributed by atoms with Gasteiger partial charge in [0.25, 0.3) is 5.91 Å². The Morgan fingerprint density at radius 3 is 2.48 bits per heavy atom. The maximum atomic E-state index is 14.3. The quantitative estimate of drug-likeness (QED) is 0.561. The van der Waals surface area contributed by atoms with Gasteiger partial charge in [0.1, 0.15) is 10.7 Å². The van der Waals surface area contributed by atoms with Gasteiger partial charge in [-0.05, 0) is 56.4 Å². The number of esters is 1. The molecule has 1 fully saturated rings. The Hall–Kier alpha value is -2.78. The van der Waals surface area contributed by atoms with E-state index < -0.39 is 39.2 Å². The van der Waals surface area contributed by atoms with Crippen LogP contribution in [0.3, 0.4) is 0 Å². The van der Waals surface area contributed by atoms with Gasteiger partial charge < -0.3 is 10.1 Å². The van der Waals surface area contributed by atoms with Crippen LogP contribution in [0.25, 0.3) is 0 Å². The minimum absolute atomic E-state index is 0.122. The molecule has 2 aromatic rings. The first-order valence-electron chi connectivity index (χ1n) is 11.1. The first-order valence-corrected chi connectivity index (χ1v) is 12.5. The summed E-state index contributed by atoms with van der Waals surface area (Å²) in [6.07, 6.45) is 3.86. The van der Waals surface area contributed by atoms with Crippen LogP contribution < -0.4 is 5.32 Å². The lowest BCUT2D eigenvalue weighted by Crippen LogP contribution is -2.36. The fourth-order valence-corrected chi connectivity index (χ4v) is 5.31. The minimum atomic E-state index is -4.05. The molecule has 1 heterocycles. The van der Waals surface area contributed by atoms with Crippen molar-refractivity contribution >= 4 is 21.9 Å². The Bertz CT molecular complexity index is 1070. The van der Waals surface area contributed by atoms with E-state index in [9.17, 15) is 22.4 Å². The van der Waals surface area contributed by atoms with E-state index in [2.05, 4.69) is 5.32 Å². The van der Waals surface area contributed by atoms with Crippen molar-refractivity contribution in [3.8, 4) is 0 Å². The number of benzene rings is 2. The van der Waals surface area contributed by atoms with Crippen LogP contribution in [0.2, 0.25) is 0 Å². The smallest absolute Gasteiger partial charge is 0.338 e. The van der Waals surface area contributed by atoms with Crippen LogP contribution in [-0.2, 0) is 26.0 Å². The third kappa shape index (κ3) is 6.85. The third-order valence-electron chi connectivity index (χ3n) is 5.55. The number of halogens is 1. The number of hydrogen-bond donors (Lipinski definition) is 1. The van der Waals surface area contributed by atoms with E-state index in [0.717, 1.165) is 43.0 Å². The fraction of sp³-hybridized carbons (Fsp3) is 0.417. The number of aryl methyl sites for hydroxylation is 1. The molecular formula is C24H29FN2O5S. The first-order chi connectivity index (χ1) is 15.8. The van der Waals surface area contributed by atoms with E-state index in [0.29, 0.717) is 25.9 Å². The van der Waals surface area contributed by atoms with Gasteiger partial charge in [-0.3, -0.25) is 4.79 Å². The standard InChI is InChI=1S/C24H29FN2O5S/c1-18(10-11-19-8-4-2-5-9-19)26-23(28)17-32-24(29)20-12-13-21(25)22(16-20)33(30,31)27-14-6-3-7-15-27/h2,4-5,8-9,12-13,16,18H,3,6-7,10-11,14-15,17H2,1H3,(H,26,28). The molecule has 1 aliphatic heterocycles. The molecule has 9 heteroatoms. The van der Waals surface area contributed by atoms with Gasteiger partial charge in [-0.15, -0.1) is 0 Å². The van der Waals surface area contributed by atoms with Crippen molar-refractivity contribution in [1.82, 2.24) is 9.62 Å². The van der Waals surface area contributed by atoms with Crippen LogP contribution in [0, 0.1) is 5.82 Å². The highest BCUT2D eigenvalue weighted by Gasteiger charge is 2.29. The van der Waals surface area contributed by atoms with Crippen molar-refractivity contribution in [3.63, 3.8) is 0 Å². The lowest BCUT2D eigenvalue weighted by Gasteiger charge is -2.26. The molecule has 0 saturated carbocycles. The molecular weight excluding hydrogens is 447 g/mol. The van der Waals surface area contributed by atoms with Crippen LogP contribution in [0.5, 0.6) is 0 Å². The average Bonchev–Trinajstić information content (AvgIpc) is 2.82. The van der Waals surface area contributed by atoms with Gasteiger partial charge >= 0.3 is 5.97 Å². The average molecular weight is 477 g/mol. The van der Waals surface area contributed by atoms with Crippen molar-refractivity contribution in [2.75, 3.05) is 19.7 Å². The third-order valence-corrected chi connectivity index (χ3v) is 7.46. The predicted octanol–water partition coefficient (Wildman–Crippen LogP) is 3.29. The molecule has 1 aliphatic rings. The minimum Gasteiger partial charge on any atom is -0.452 e. The van der Waals surface area contributed by atoms with Gasteiger partial charge in [-0.1, -0.05) is 36.8 Å². The van der Waals surface area contributed by atoms with Crippen molar-refractivity contribution in [3.05, 3.63) is 65.5 Å². The number of nitrogens with zero attached hydrogens (tertiary/aromatic N) is 1. The molecule has 1 N–H and O–H groups in total. The van der Waals surface area contributed by atoms with Crippen molar-refractivity contribution in [1.29, 1.82) is 0 Å². The summed E-state index contributed by atoms with van der Waals surface area (Å²) in [6, 6.07) is 12.8. The number of hydrogen-bond acceptors (Lipinski definition) is 5. The maximum absolute atomic E-state index is 14.3. The maximum Gasteiger partial charge on any atom is 0.338 e. The Morgan fingerprint density at radius 1 is 1.09 bits per heavy atom. The molecule has 0 bridgehead atoms. The van der Waals surface area contributed by atoms with Crippen molar-refractivity contribution < 1.29 is 27.1 Å². The number of sulfonamides is 1. The highest BCUT2D eigenvalue weighted by atomic mass is 32.2. The summed E-state index contributed by atoms with van der Waals surface area (Å²) in [7, 11) is -4.05. The van der Waals surface area contributed by atoms with Crippen molar-refractivity contribution in [2.24, 2.45) is 0 Å². The van der Waals surface area contributed by atoms with Gasteiger partial charge in [0, 0.05) is 19.1 Å². The second kappa shape index (κ2) is 11.4. The molecule has 1 saturated heterocycles. The summed E-state index contributed by atoms with van der Waals surface area (Å²) < 4.78 is 46.2. The molecule has 0 radical (unpaired) electrons. The van der Waals surface area contributed by atoms with E-state index in [4.69, 9.17) is 4.74 Å². The molecule has 0 spiro atoms. The number of amides is 1. The number of carbonyl (C=O) groups is 2. The van der Waals surface area contributed by atoms with E-state index in [1.165, 1.54) is 4.31 Å². The number of nitrogens with one attached hydrogen (secondary N) is 1. The molecule has 2 aromatic carbocycles. The monoisotopic (exact) mass is 476 g/mol. The molecule has 33 heavy (non-hydrogen) atoms. The number of piperidine rings is 1. The Labute approximate surface area is 194 Å². The largest absolute Gasteiger partial charge is 0.452 e. The second-order valence-corrected chi connectivity index (χ2v) is 10.1. The van der Waals surface area contributed by atoms with Crippen LogP contribution >= 0.6 is 0 Å². The SMILES string of the molecule is CC(CCc1ccccc1)NC(=O)COC(=O)c1ccc(F)c(S(=O)(=O)N2CCCCC2)c1. The van der Waals surface area contributed by atoms with Gasteiger partial charge in [0.15, 0.2) is 6.61 Å². The van der Waals surface area contributed by atoms with Gasteiger partial charge in [-0.25, -0.2) is 17.6 Å². The van der Waals surface area contributed by atoms with Crippen molar-refractivity contribution in [2.45, 2.75) is 50.0 Å². The van der Waals surface area contributed by atoms with Crippen LogP contribution in [0.15, 0.2) is 53.4 Å². The topological polar surface area (TPSA) is 92.8 Å². The summed E-state index contributed by atoms with van der Waals surface area (Å²) in [6.45, 7) is 1.98. The summed E-state index contributed by atoms with van der Waals surface area (Å²) in [5, 5.41) is 2.77. The van der Waals surface area contributed by atoms with Crippen LogP contribution in [0.1, 0.15) is 48.5 Å². The molecule has 1 amide bonds. The first kappa shape index (κ1) is 24.9. The van der Waals surface area contributed by atoms with Crippen LogP contribution in [0.4, 0.5) is 4.39 Å². The normalized spacial score (nSPS) is 15.6. The number of rotatable bonds is 9. The molecule has 1 atom stereocenters. The van der Waals surface area contributed by atoms with E-state index in [1.54, 1.807) is 0 Å². The molecule has 0 aliphatic carbocycles. The summed E-state index contributed by atoms with van der Waals surface area (Å²) in [5.41, 5.74) is 1.04. The highest BCUT2D eigenvalue weighted by Crippen LogP contribution is 2.24. The highest BCUT2D eigenvalue weighted by molar-refractivity contribution is 7.89. The zero-order valence-electron chi connectivity index (χ0n) is 18.6. The molecule has 1 unspecified atom stereocenters. The zero-order valence-corrected chi connectivity index (χ0v) is 19.4. The van der Waals surface area contributed by atoms with Gasteiger partial charge in [0.05, 0.1) is 5.56 Å². The second-order valence-electron chi connectivity index (χ2n) is 8.18.